The van der Waals surface area contributed by atoms with E-state index in [0.717, 1.165) is 29.7 Å². The summed E-state index contributed by atoms with van der Waals surface area (Å²) in [6.07, 6.45) is 9.01. The lowest BCUT2D eigenvalue weighted by Gasteiger charge is -2.42. The van der Waals surface area contributed by atoms with Crippen LogP contribution in [0.4, 0.5) is 8.78 Å². The Morgan fingerprint density at radius 2 is 1.71 bits per heavy atom. The fraction of sp³-hybridized carbons (Fsp3) is 0.545. The number of fused-ring (bicyclic) bond motifs is 2. The Morgan fingerprint density at radius 3 is 2.54 bits per heavy atom. The van der Waals surface area contributed by atoms with Crippen molar-refractivity contribution in [2.75, 3.05) is 0 Å². The second-order valence-electron chi connectivity index (χ2n) is 7.96. The molecule has 4 rings (SSSR count). The molecular formula is C22H26F2. The first-order chi connectivity index (χ1) is 11.7. The first kappa shape index (κ1) is 16.1. The van der Waals surface area contributed by atoms with Crippen LogP contribution in [0.3, 0.4) is 0 Å². The van der Waals surface area contributed by atoms with Crippen molar-refractivity contribution in [2.24, 2.45) is 17.8 Å². The predicted octanol–water partition coefficient (Wildman–Crippen LogP) is 6.83. The highest BCUT2D eigenvalue weighted by Gasteiger charge is 2.35. The summed E-state index contributed by atoms with van der Waals surface area (Å²) in [4.78, 5) is 0. The third kappa shape index (κ3) is 2.85. The van der Waals surface area contributed by atoms with Gasteiger partial charge in [0.25, 0.3) is 0 Å². The van der Waals surface area contributed by atoms with Gasteiger partial charge in [0, 0.05) is 0 Å². The average molecular weight is 328 g/mol. The van der Waals surface area contributed by atoms with Crippen molar-refractivity contribution in [1.29, 1.82) is 0 Å². The summed E-state index contributed by atoms with van der Waals surface area (Å²) >= 11 is 0. The molecule has 0 N–H and O–H groups in total. The van der Waals surface area contributed by atoms with Crippen LogP contribution in [0.5, 0.6) is 0 Å². The number of rotatable bonds is 2. The van der Waals surface area contributed by atoms with Crippen LogP contribution in [0, 0.1) is 29.4 Å². The van der Waals surface area contributed by atoms with Crippen molar-refractivity contribution < 1.29 is 8.78 Å². The van der Waals surface area contributed by atoms with Gasteiger partial charge in [-0.1, -0.05) is 38.0 Å². The van der Waals surface area contributed by atoms with Crippen LogP contribution in [0.25, 0.3) is 10.8 Å². The molecule has 0 amide bonds. The summed E-state index contributed by atoms with van der Waals surface area (Å²) in [6.45, 7) is 2.31. The van der Waals surface area contributed by atoms with E-state index in [0.29, 0.717) is 11.3 Å². The quantitative estimate of drug-likeness (QED) is 0.567. The maximum absolute atomic E-state index is 14.5. The Kier molecular flexibility index (Phi) is 4.32. The van der Waals surface area contributed by atoms with Crippen LogP contribution < -0.4 is 0 Å². The van der Waals surface area contributed by atoms with E-state index >= 15 is 0 Å². The van der Waals surface area contributed by atoms with Crippen LogP contribution in [0.1, 0.15) is 63.4 Å². The molecule has 2 aromatic rings. The molecule has 0 radical (unpaired) electrons. The lowest BCUT2D eigenvalue weighted by atomic mass is 9.63. The molecule has 4 unspecified atom stereocenters. The van der Waals surface area contributed by atoms with Gasteiger partial charge in [-0.05, 0) is 78.9 Å². The normalized spacial score (nSPS) is 30.3. The molecule has 0 spiro atoms. The highest BCUT2D eigenvalue weighted by molar-refractivity contribution is 5.84. The fourth-order valence-electron chi connectivity index (χ4n) is 5.25. The van der Waals surface area contributed by atoms with Crippen molar-refractivity contribution in [3.8, 4) is 0 Å². The smallest absolute Gasteiger partial charge is 0.134 e. The summed E-state index contributed by atoms with van der Waals surface area (Å²) in [5.41, 5.74) is 1.07. The lowest BCUT2D eigenvalue weighted by Crippen LogP contribution is -2.30. The fourth-order valence-corrected chi connectivity index (χ4v) is 5.25. The molecule has 0 heterocycles. The van der Waals surface area contributed by atoms with Crippen molar-refractivity contribution in [3.05, 3.63) is 47.5 Å². The molecule has 2 aliphatic rings. The highest BCUT2D eigenvalue weighted by Crippen LogP contribution is 2.48. The molecule has 24 heavy (non-hydrogen) atoms. The van der Waals surface area contributed by atoms with Crippen LogP contribution in [-0.4, -0.2) is 0 Å². The van der Waals surface area contributed by atoms with E-state index in [2.05, 4.69) is 6.92 Å². The van der Waals surface area contributed by atoms with Gasteiger partial charge in [-0.25, -0.2) is 8.78 Å². The van der Waals surface area contributed by atoms with Crippen LogP contribution >= 0.6 is 0 Å². The highest BCUT2D eigenvalue weighted by atomic mass is 19.1. The minimum absolute atomic E-state index is 0.137. The van der Waals surface area contributed by atoms with Gasteiger partial charge in [-0.2, -0.15) is 0 Å². The van der Waals surface area contributed by atoms with Gasteiger partial charge < -0.3 is 0 Å². The largest absolute Gasteiger partial charge is 0.206 e. The third-order valence-electron chi connectivity index (χ3n) is 6.67. The molecule has 128 valence electrons. The number of halogens is 2. The van der Waals surface area contributed by atoms with Crippen LogP contribution in [0.2, 0.25) is 0 Å². The number of hydrogen-bond acceptors (Lipinski definition) is 0. The first-order valence-electron chi connectivity index (χ1n) is 9.53. The zero-order valence-corrected chi connectivity index (χ0v) is 14.4. The monoisotopic (exact) mass is 328 g/mol. The molecule has 0 saturated heterocycles. The topological polar surface area (TPSA) is 0 Å². The minimum atomic E-state index is -0.460. The van der Waals surface area contributed by atoms with E-state index in [1.807, 2.05) is 12.1 Å². The summed E-state index contributed by atoms with van der Waals surface area (Å²) in [6, 6.07) is 8.44. The van der Waals surface area contributed by atoms with E-state index in [-0.39, 0.29) is 5.39 Å². The zero-order valence-electron chi connectivity index (χ0n) is 14.4. The Bertz CT molecular complexity index is 736. The second kappa shape index (κ2) is 6.46. The SMILES string of the molecule is CCC1CCC2CC(c3cc(F)c4c(F)cccc4c3)CCC2C1. The summed E-state index contributed by atoms with van der Waals surface area (Å²) < 4.78 is 28.3. The van der Waals surface area contributed by atoms with Crippen molar-refractivity contribution in [1.82, 2.24) is 0 Å². The van der Waals surface area contributed by atoms with Gasteiger partial charge >= 0.3 is 0 Å². The number of benzene rings is 2. The van der Waals surface area contributed by atoms with Crippen molar-refractivity contribution in [3.63, 3.8) is 0 Å². The first-order valence-corrected chi connectivity index (χ1v) is 9.53. The van der Waals surface area contributed by atoms with Crippen molar-refractivity contribution >= 4 is 10.8 Å². The van der Waals surface area contributed by atoms with Crippen molar-refractivity contribution in [2.45, 2.75) is 57.8 Å². The maximum Gasteiger partial charge on any atom is 0.134 e. The standard InChI is InChI=1S/C22H26F2/c1-2-14-6-7-16-11-17(9-8-15(16)10-14)19-12-18-4-3-5-20(23)22(18)21(24)13-19/h3-5,12-17H,2,6-11H2,1H3. The van der Waals surface area contributed by atoms with Gasteiger partial charge in [-0.15, -0.1) is 0 Å². The van der Waals surface area contributed by atoms with E-state index in [1.165, 1.54) is 44.6 Å². The Labute approximate surface area is 143 Å². The summed E-state index contributed by atoms with van der Waals surface area (Å²) in [5, 5.41) is 0.834. The Balaban J connectivity index is 1.58. The van der Waals surface area contributed by atoms with Gasteiger partial charge in [0.2, 0.25) is 0 Å². The molecule has 2 fully saturated rings. The van der Waals surface area contributed by atoms with Crippen LogP contribution in [-0.2, 0) is 0 Å². The van der Waals surface area contributed by atoms with E-state index in [1.54, 1.807) is 12.1 Å². The van der Waals surface area contributed by atoms with Gasteiger partial charge in [0.1, 0.15) is 11.6 Å². The van der Waals surface area contributed by atoms with Gasteiger partial charge in [0.05, 0.1) is 5.39 Å². The van der Waals surface area contributed by atoms with Crippen LogP contribution in [0.15, 0.2) is 30.3 Å². The van der Waals surface area contributed by atoms with E-state index in [4.69, 9.17) is 0 Å². The predicted molar refractivity (Wildman–Crippen MR) is 95.1 cm³/mol. The molecule has 2 aromatic carbocycles. The Morgan fingerprint density at radius 1 is 0.917 bits per heavy atom. The zero-order chi connectivity index (χ0) is 16.7. The maximum atomic E-state index is 14.5. The Hall–Kier alpha value is -1.44. The molecule has 0 bridgehead atoms. The molecule has 2 heteroatoms. The molecular weight excluding hydrogens is 302 g/mol. The average Bonchev–Trinajstić information content (AvgIpc) is 2.60. The van der Waals surface area contributed by atoms with E-state index in [9.17, 15) is 8.78 Å². The van der Waals surface area contributed by atoms with Gasteiger partial charge in [0.15, 0.2) is 0 Å². The molecule has 0 nitrogen and oxygen atoms in total. The minimum Gasteiger partial charge on any atom is -0.206 e. The summed E-state index contributed by atoms with van der Waals surface area (Å²) in [5.74, 6) is 2.17. The second-order valence-corrected chi connectivity index (χ2v) is 7.96. The molecule has 2 saturated carbocycles. The number of hydrogen-bond donors (Lipinski definition) is 0. The molecule has 4 atom stereocenters. The lowest BCUT2D eigenvalue weighted by molar-refractivity contribution is 0.116. The van der Waals surface area contributed by atoms with E-state index < -0.39 is 11.6 Å². The molecule has 0 aromatic heterocycles. The summed E-state index contributed by atoms with van der Waals surface area (Å²) in [7, 11) is 0. The molecule has 0 aliphatic heterocycles. The third-order valence-corrected chi connectivity index (χ3v) is 6.67. The van der Waals surface area contributed by atoms with Gasteiger partial charge in [-0.3, -0.25) is 0 Å². The molecule has 2 aliphatic carbocycles.